The van der Waals surface area contributed by atoms with E-state index in [1.165, 1.54) is 0 Å². The van der Waals surface area contributed by atoms with Crippen LogP contribution in [-0.4, -0.2) is 48.1 Å². The highest BCUT2D eigenvalue weighted by Crippen LogP contribution is 2.19. The van der Waals surface area contributed by atoms with Crippen molar-refractivity contribution in [1.82, 2.24) is 20.4 Å². The van der Waals surface area contributed by atoms with Gasteiger partial charge in [-0.05, 0) is 44.5 Å². The molecule has 1 atom stereocenters. The van der Waals surface area contributed by atoms with Crippen molar-refractivity contribution >= 4 is 41.5 Å². The lowest BCUT2D eigenvalue weighted by atomic mass is 10.1. The SMILES string of the molecule is CCNC(=NCC(C)(C)OC)NCC(c1ccc(Cl)cc1)n1cccn1.I. The Bertz CT molecular complexity index is 689. The number of guanidine groups is 1. The van der Waals surface area contributed by atoms with E-state index in [0.29, 0.717) is 13.1 Å². The number of hydrogen-bond acceptors (Lipinski definition) is 3. The number of rotatable bonds is 8. The Balaban J connectivity index is 0.00000364. The normalized spacial score (nSPS) is 13.0. The zero-order chi connectivity index (χ0) is 19.0. The molecule has 8 heteroatoms. The monoisotopic (exact) mass is 505 g/mol. The Morgan fingerprint density at radius 1 is 1.30 bits per heavy atom. The minimum Gasteiger partial charge on any atom is -0.377 e. The van der Waals surface area contributed by atoms with E-state index in [1.54, 1.807) is 13.3 Å². The van der Waals surface area contributed by atoms with E-state index >= 15 is 0 Å². The highest BCUT2D eigenvalue weighted by Gasteiger charge is 2.17. The maximum absolute atomic E-state index is 6.03. The number of hydrogen-bond donors (Lipinski definition) is 2. The van der Waals surface area contributed by atoms with Gasteiger partial charge in [0.15, 0.2) is 5.96 Å². The number of nitrogens with one attached hydrogen (secondary N) is 2. The van der Waals surface area contributed by atoms with Crippen molar-refractivity contribution in [3.8, 4) is 0 Å². The molecular weight excluding hydrogens is 477 g/mol. The van der Waals surface area contributed by atoms with E-state index in [-0.39, 0.29) is 35.6 Å². The molecule has 6 nitrogen and oxygen atoms in total. The quantitative estimate of drug-likeness (QED) is 0.326. The van der Waals surface area contributed by atoms with Gasteiger partial charge < -0.3 is 15.4 Å². The Morgan fingerprint density at radius 2 is 2.00 bits per heavy atom. The molecule has 2 rings (SSSR count). The van der Waals surface area contributed by atoms with E-state index in [4.69, 9.17) is 16.3 Å². The Hall–Kier alpha value is -1.32. The fourth-order valence-corrected chi connectivity index (χ4v) is 2.51. The summed E-state index contributed by atoms with van der Waals surface area (Å²) in [5.74, 6) is 0.753. The van der Waals surface area contributed by atoms with Crippen LogP contribution in [0.5, 0.6) is 0 Å². The highest BCUT2D eigenvalue weighted by molar-refractivity contribution is 14.0. The summed E-state index contributed by atoms with van der Waals surface area (Å²) < 4.78 is 7.37. The van der Waals surface area contributed by atoms with Crippen molar-refractivity contribution in [3.63, 3.8) is 0 Å². The van der Waals surface area contributed by atoms with E-state index < -0.39 is 0 Å². The fourth-order valence-electron chi connectivity index (χ4n) is 2.38. The van der Waals surface area contributed by atoms with E-state index in [1.807, 2.05) is 62.0 Å². The maximum atomic E-state index is 6.03. The molecule has 2 N–H and O–H groups in total. The molecule has 1 aromatic heterocycles. The van der Waals surface area contributed by atoms with Gasteiger partial charge in [0.25, 0.3) is 0 Å². The minimum absolute atomic E-state index is 0. The molecule has 0 fully saturated rings. The van der Waals surface area contributed by atoms with Gasteiger partial charge in [-0.15, -0.1) is 24.0 Å². The lowest BCUT2D eigenvalue weighted by Crippen LogP contribution is -2.41. The van der Waals surface area contributed by atoms with E-state index in [0.717, 1.165) is 23.1 Å². The van der Waals surface area contributed by atoms with Gasteiger partial charge in [0.05, 0.1) is 18.2 Å². The molecule has 0 saturated heterocycles. The Kier molecular flexibility index (Phi) is 10.1. The van der Waals surface area contributed by atoms with Gasteiger partial charge in [0.2, 0.25) is 0 Å². The van der Waals surface area contributed by atoms with E-state index in [9.17, 15) is 0 Å². The molecule has 0 aliphatic rings. The van der Waals surface area contributed by atoms with Crippen molar-refractivity contribution in [2.24, 2.45) is 4.99 Å². The van der Waals surface area contributed by atoms with Crippen LogP contribution in [0, 0.1) is 0 Å². The molecule has 1 unspecified atom stereocenters. The molecule has 0 radical (unpaired) electrons. The molecule has 0 amide bonds. The first kappa shape index (κ1) is 23.7. The minimum atomic E-state index is -0.306. The number of nitrogens with zero attached hydrogens (tertiary/aromatic N) is 3. The Morgan fingerprint density at radius 3 is 2.56 bits per heavy atom. The third kappa shape index (κ3) is 7.67. The van der Waals surface area contributed by atoms with Gasteiger partial charge >= 0.3 is 0 Å². The first-order valence-corrected chi connectivity index (χ1v) is 9.15. The van der Waals surface area contributed by atoms with Gasteiger partial charge in [0, 0.05) is 37.6 Å². The highest BCUT2D eigenvalue weighted by atomic mass is 127. The van der Waals surface area contributed by atoms with Gasteiger partial charge in [0.1, 0.15) is 0 Å². The molecule has 0 bridgehead atoms. The molecular formula is C19H29ClIN5O. The average molecular weight is 506 g/mol. The van der Waals surface area contributed by atoms with Crippen molar-refractivity contribution in [1.29, 1.82) is 0 Å². The summed E-state index contributed by atoms with van der Waals surface area (Å²) in [7, 11) is 1.70. The number of benzene rings is 1. The molecule has 2 aromatic rings. The number of ether oxygens (including phenoxy) is 1. The summed E-state index contributed by atoms with van der Waals surface area (Å²) >= 11 is 6.03. The molecule has 0 spiro atoms. The second-order valence-corrected chi connectivity index (χ2v) is 7.03. The van der Waals surface area contributed by atoms with Gasteiger partial charge in [-0.1, -0.05) is 23.7 Å². The maximum Gasteiger partial charge on any atom is 0.191 e. The van der Waals surface area contributed by atoms with Gasteiger partial charge in [-0.2, -0.15) is 5.10 Å². The lowest BCUT2D eigenvalue weighted by Gasteiger charge is -2.23. The van der Waals surface area contributed by atoms with Crippen molar-refractivity contribution in [2.45, 2.75) is 32.4 Å². The van der Waals surface area contributed by atoms with Crippen LogP contribution < -0.4 is 10.6 Å². The second-order valence-electron chi connectivity index (χ2n) is 6.59. The molecule has 1 heterocycles. The van der Waals surface area contributed by atoms with Crippen LogP contribution in [0.2, 0.25) is 5.02 Å². The predicted octanol–water partition coefficient (Wildman–Crippen LogP) is 3.72. The van der Waals surface area contributed by atoms with Gasteiger partial charge in [-0.25, -0.2) is 0 Å². The second kappa shape index (κ2) is 11.5. The fraction of sp³-hybridized carbons (Fsp3) is 0.474. The third-order valence-electron chi connectivity index (χ3n) is 4.08. The van der Waals surface area contributed by atoms with Crippen LogP contribution in [0.15, 0.2) is 47.7 Å². The van der Waals surface area contributed by atoms with Crippen LogP contribution >= 0.6 is 35.6 Å². The van der Waals surface area contributed by atoms with Crippen LogP contribution in [0.1, 0.15) is 32.4 Å². The summed E-state index contributed by atoms with van der Waals surface area (Å²) in [6.07, 6.45) is 3.74. The van der Waals surface area contributed by atoms with Crippen molar-refractivity contribution < 1.29 is 4.74 Å². The average Bonchev–Trinajstić information content (AvgIpc) is 3.15. The lowest BCUT2D eigenvalue weighted by molar-refractivity contribution is 0.0310. The summed E-state index contributed by atoms with van der Waals surface area (Å²) in [6.45, 7) is 8.06. The molecule has 0 aliphatic heterocycles. The summed E-state index contributed by atoms with van der Waals surface area (Å²) in [5.41, 5.74) is 0.818. The summed E-state index contributed by atoms with van der Waals surface area (Å²) in [6, 6.07) is 9.79. The summed E-state index contributed by atoms with van der Waals surface area (Å²) in [4.78, 5) is 4.64. The predicted molar refractivity (Wildman–Crippen MR) is 122 cm³/mol. The first-order chi connectivity index (χ1) is 12.4. The zero-order valence-electron chi connectivity index (χ0n) is 16.3. The number of methoxy groups -OCH3 is 1. The molecule has 0 saturated carbocycles. The molecule has 1 aromatic carbocycles. The number of aromatic nitrogens is 2. The first-order valence-electron chi connectivity index (χ1n) is 8.77. The van der Waals surface area contributed by atoms with Gasteiger partial charge in [-0.3, -0.25) is 9.67 Å². The van der Waals surface area contributed by atoms with E-state index in [2.05, 4.69) is 20.7 Å². The smallest absolute Gasteiger partial charge is 0.191 e. The summed E-state index contributed by atoms with van der Waals surface area (Å²) in [5, 5.41) is 11.8. The molecule has 27 heavy (non-hydrogen) atoms. The van der Waals surface area contributed by atoms with Crippen molar-refractivity contribution in [2.75, 3.05) is 26.7 Å². The van der Waals surface area contributed by atoms with Crippen LogP contribution in [-0.2, 0) is 4.74 Å². The largest absolute Gasteiger partial charge is 0.377 e. The molecule has 150 valence electrons. The number of aliphatic imine (C=N–C) groups is 1. The van der Waals surface area contributed by atoms with Crippen molar-refractivity contribution in [3.05, 3.63) is 53.3 Å². The van der Waals surface area contributed by atoms with Crippen LogP contribution in [0.3, 0.4) is 0 Å². The van der Waals surface area contributed by atoms with Crippen LogP contribution in [0.25, 0.3) is 0 Å². The molecule has 0 aliphatic carbocycles. The topological polar surface area (TPSA) is 63.5 Å². The zero-order valence-corrected chi connectivity index (χ0v) is 19.4. The third-order valence-corrected chi connectivity index (χ3v) is 4.33. The number of halogens is 2. The standard InChI is InChI=1S/C19H28ClN5O.HI/c1-5-21-18(23-14-19(2,3)26-4)22-13-17(25-12-6-11-24-25)15-7-9-16(20)10-8-15;/h6-12,17H,5,13-14H2,1-4H3,(H2,21,22,23);1H. The Labute approximate surface area is 183 Å². The van der Waals surface area contributed by atoms with Crippen LogP contribution in [0.4, 0.5) is 0 Å².